The summed E-state index contributed by atoms with van der Waals surface area (Å²) >= 11 is 1.28. The zero-order valence-electron chi connectivity index (χ0n) is 15.8. The molecule has 0 spiro atoms. The predicted molar refractivity (Wildman–Crippen MR) is 120 cm³/mol. The first kappa shape index (κ1) is 18.3. The highest BCUT2D eigenvalue weighted by atomic mass is 32.1. The topological polar surface area (TPSA) is 72.2 Å². The Hall–Kier alpha value is -3.77. The molecule has 0 fully saturated rings. The van der Waals surface area contributed by atoms with Crippen molar-refractivity contribution < 1.29 is 9.21 Å². The smallest absolute Gasteiger partial charge is 0.345 e. The average Bonchev–Trinajstić information content (AvgIpc) is 3.21. The third-order valence-electron chi connectivity index (χ3n) is 4.85. The Balaban J connectivity index is 1.34. The van der Waals surface area contributed by atoms with Crippen molar-refractivity contribution in [2.45, 2.75) is 6.42 Å². The van der Waals surface area contributed by atoms with Crippen LogP contribution >= 0.6 is 11.3 Å². The number of hydrogen-bond donors (Lipinski definition) is 1. The number of nitrogens with zero attached hydrogens (tertiary/aromatic N) is 1. The van der Waals surface area contributed by atoms with E-state index in [1.165, 1.54) is 11.3 Å². The predicted octanol–water partition coefficient (Wildman–Crippen LogP) is 5.25. The number of para-hydroxylation sites is 1. The summed E-state index contributed by atoms with van der Waals surface area (Å²) in [5, 5.41) is 8.07. The summed E-state index contributed by atoms with van der Waals surface area (Å²) in [5.41, 5.74) is 1.87. The second-order valence-electron chi connectivity index (χ2n) is 6.93. The number of carbonyl (C=O) groups excluding carboxylic acids is 1. The van der Waals surface area contributed by atoms with Crippen molar-refractivity contribution in [3.05, 3.63) is 94.2 Å². The van der Waals surface area contributed by atoms with E-state index in [1.54, 1.807) is 17.5 Å². The van der Waals surface area contributed by atoms with E-state index >= 15 is 0 Å². The highest BCUT2D eigenvalue weighted by Crippen LogP contribution is 2.25. The van der Waals surface area contributed by atoms with Gasteiger partial charge in [-0.15, -0.1) is 11.3 Å². The van der Waals surface area contributed by atoms with Crippen LogP contribution in [0.3, 0.4) is 0 Å². The lowest BCUT2D eigenvalue weighted by Gasteiger charge is -2.04. The molecule has 0 aliphatic heterocycles. The SMILES string of the molecule is O=C(Cc1ccc2ccccc2c1)Nc1nc(-c2cc3ccccc3oc2=O)cs1. The summed E-state index contributed by atoms with van der Waals surface area (Å²) in [6.45, 7) is 0. The fourth-order valence-corrected chi connectivity index (χ4v) is 4.12. The van der Waals surface area contributed by atoms with Gasteiger partial charge in [-0.25, -0.2) is 9.78 Å². The van der Waals surface area contributed by atoms with Gasteiger partial charge >= 0.3 is 5.63 Å². The number of rotatable bonds is 4. The highest BCUT2D eigenvalue weighted by molar-refractivity contribution is 7.14. The monoisotopic (exact) mass is 412 g/mol. The lowest BCUT2D eigenvalue weighted by molar-refractivity contribution is -0.115. The summed E-state index contributed by atoms with van der Waals surface area (Å²) < 4.78 is 5.37. The highest BCUT2D eigenvalue weighted by Gasteiger charge is 2.13. The van der Waals surface area contributed by atoms with Crippen LogP contribution in [-0.4, -0.2) is 10.9 Å². The molecule has 2 heterocycles. The minimum absolute atomic E-state index is 0.156. The zero-order chi connectivity index (χ0) is 20.5. The van der Waals surface area contributed by atoms with E-state index in [0.717, 1.165) is 21.7 Å². The molecule has 3 aromatic carbocycles. The van der Waals surface area contributed by atoms with Gasteiger partial charge < -0.3 is 9.73 Å². The van der Waals surface area contributed by atoms with E-state index in [4.69, 9.17) is 4.42 Å². The molecule has 0 radical (unpaired) electrons. The van der Waals surface area contributed by atoms with E-state index in [1.807, 2.05) is 60.7 Å². The van der Waals surface area contributed by atoms with Crippen molar-refractivity contribution in [3.8, 4) is 11.3 Å². The molecule has 0 saturated heterocycles. The van der Waals surface area contributed by atoms with Crippen molar-refractivity contribution in [3.63, 3.8) is 0 Å². The van der Waals surface area contributed by atoms with Crippen molar-refractivity contribution in [1.29, 1.82) is 0 Å². The van der Waals surface area contributed by atoms with Gasteiger partial charge in [-0.1, -0.05) is 60.7 Å². The molecular formula is C24H16N2O3S. The van der Waals surface area contributed by atoms with Gasteiger partial charge in [-0.3, -0.25) is 4.79 Å². The lowest BCUT2D eigenvalue weighted by atomic mass is 10.1. The number of amides is 1. The van der Waals surface area contributed by atoms with Crippen molar-refractivity contribution in [2.24, 2.45) is 0 Å². The molecule has 0 saturated carbocycles. The van der Waals surface area contributed by atoms with Gasteiger partial charge in [0.05, 0.1) is 17.7 Å². The van der Waals surface area contributed by atoms with Gasteiger partial charge in [0.1, 0.15) is 5.58 Å². The van der Waals surface area contributed by atoms with E-state index in [2.05, 4.69) is 10.3 Å². The molecule has 30 heavy (non-hydrogen) atoms. The van der Waals surface area contributed by atoms with Crippen LogP contribution in [0.2, 0.25) is 0 Å². The van der Waals surface area contributed by atoms with Crippen LogP contribution in [0.15, 0.2) is 87.4 Å². The van der Waals surface area contributed by atoms with E-state index in [-0.39, 0.29) is 12.3 Å². The molecule has 0 aliphatic carbocycles. The van der Waals surface area contributed by atoms with Crippen LogP contribution < -0.4 is 10.9 Å². The number of nitrogens with one attached hydrogen (secondary N) is 1. The van der Waals surface area contributed by atoms with Gasteiger partial charge in [0.25, 0.3) is 0 Å². The van der Waals surface area contributed by atoms with E-state index in [9.17, 15) is 9.59 Å². The summed E-state index contributed by atoms with van der Waals surface area (Å²) in [7, 11) is 0. The van der Waals surface area contributed by atoms with Crippen LogP contribution in [0.5, 0.6) is 0 Å². The van der Waals surface area contributed by atoms with Crippen LogP contribution in [0, 0.1) is 0 Å². The molecule has 0 unspecified atom stereocenters. The number of thiazole rings is 1. The number of carbonyl (C=O) groups is 1. The van der Waals surface area contributed by atoms with Gasteiger partial charge in [-0.2, -0.15) is 0 Å². The van der Waals surface area contributed by atoms with Crippen molar-refractivity contribution >= 4 is 44.1 Å². The molecular weight excluding hydrogens is 396 g/mol. The third kappa shape index (κ3) is 3.60. The molecule has 0 aliphatic rings. The molecule has 5 nitrogen and oxygen atoms in total. The molecule has 0 bridgehead atoms. The molecule has 1 amide bonds. The first-order valence-corrected chi connectivity index (χ1v) is 10.3. The Morgan fingerprint density at radius 1 is 0.933 bits per heavy atom. The van der Waals surface area contributed by atoms with Crippen LogP contribution in [0.4, 0.5) is 5.13 Å². The standard InChI is InChI=1S/C24H16N2O3S/c27-22(12-15-9-10-16-5-1-2-6-17(16)11-15)26-24-25-20(14-30-24)19-13-18-7-3-4-8-21(18)29-23(19)28/h1-11,13-14H,12H2,(H,25,26,27). The Morgan fingerprint density at radius 3 is 2.57 bits per heavy atom. The van der Waals surface area contributed by atoms with Crippen LogP contribution in [-0.2, 0) is 11.2 Å². The number of aromatic nitrogens is 1. The quantitative estimate of drug-likeness (QED) is 0.409. The number of fused-ring (bicyclic) bond motifs is 2. The fourth-order valence-electron chi connectivity index (χ4n) is 3.39. The maximum absolute atomic E-state index is 12.5. The lowest BCUT2D eigenvalue weighted by Crippen LogP contribution is -2.14. The minimum atomic E-state index is -0.451. The normalized spacial score (nSPS) is 11.1. The van der Waals surface area contributed by atoms with Gasteiger partial charge in [0.15, 0.2) is 5.13 Å². The Bertz CT molecular complexity index is 1450. The molecule has 2 aromatic heterocycles. The minimum Gasteiger partial charge on any atom is -0.422 e. The summed E-state index contributed by atoms with van der Waals surface area (Å²) in [5.74, 6) is -0.156. The average molecular weight is 412 g/mol. The first-order chi connectivity index (χ1) is 14.7. The number of anilines is 1. The van der Waals surface area contributed by atoms with E-state index < -0.39 is 5.63 Å². The van der Waals surface area contributed by atoms with Crippen molar-refractivity contribution in [1.82, 2.24) is 4.98 Å². The summed E-state index contributed by atoms with van der Waals surface area (Å²) in [6, 6.07) is 23.1. The van der Waals surface area contributed by atoms with E-state index in [0.29, 0.717) is 22.0 Å². The summed E-state index contributed by atoms with van der Waals surface area (Å²) in [6.07, 6.45) is 0.248. The maximum atomic E-state index is 12.5. The second kappa shape index (κ2) is 7.57. The number of benzene rings is 3. The molecule has 6 heteroatoms. The van der Waals surface area contributed by atoms with Gasteiger partial charge in [-0.05, 0) is 28.5 Å². The van der Waals surface area contributed by atoms with Crippen LogP contribution in [0.25, 0.3) is 33.0 Å². The number of hydrogen-bond acceptors (Lipinski definition) is 5. The second-order valence-corrected chi connectivity index (χ2v) is 7.79. The largest absolute Gasteiger partial charge is 0.422 e. The van der Waals surface area contributed by atoms with Gasteiger partial charge in [0.2, 0.25) is 5.91 Å². The Kier molecular flexibility index (Phi) is 4.61. The van der Waals surface area contributed by atoms with Crippen molar-refractivity contribution in [2.75, 3.05) is 5.32 Å². The third-order valence-corrected chi connectivity index (χ3v) is 5.60. The molecule has 5 aromatic rings. The molecule has 5 rings (SSSR count). The summed E-state index contributed by atoms with van der Waals surface area (Å²) in [4.78, 5) is 29.2. The zero-order valence-corrected chi connectivity index (χ0v) is 16.6. The Labute approximate surface area is 175 Å². The van der Waals surface area contributed by atoms with Gasteiger partial charge in [0, 0.05) is 10.8 Å². The Morgan fingerprint density at radius 2 is 1.70 bits per heavy atom. The first-order valence-electron chi connectivity index (χ1n) is 9.42. The molecule has 1 N–H and O–H groups in total. The fraction of sp³-hybridized carbons (Fsp3) is 0.0417. The molecule has 0 atom stereocenters. The molecule has 146 valence electrons. The maximum Gasteiger partial charge on any atom is 0.345 e. The van der Waals surface area contributed by atoms with Crippen LogP contribution in [0.1, 0.15) is 5.56 Å².